The van der Waals surface area contributed by atoms with Gasteiger partial charge in [0.15, 0.2) is 0 Å². The van der Waals surface area contributed by atoms with Crippen LogP contribution in [0, 0.1) is 11.3 Å². The number of unbranched alkanes of at least 4 members (excludes halogenated alkanes) is 3. The fourth-order valence-electron chi connectivity index (χ4n) is 2.25. The Morgan fingerprint density at radius 1 is 0.880 bits per heavy atom. The maximum atomic E-state index is 11.2. The molecule has 0 spiro atoms. The Labute approximate surface area is 155 Å². The van der Waals surface area contributed by atoms with Gasteiger partial charge in [-0.15, -0.1) is 0 Å². The van der Waals surface area contributed by atoms with Gasteiger partial charge in [0, 0.05) is 0 Å². The Bertz CT molecular complexity index is 453. The Balaban J connectivity index is 3.75. The van der Waals surface area contributed by atoms with Crippen molar-refractivity contribution in [3.63, 3.8) is 0 Å². The van der Waals surface area contributed by atoms with Crippen molar-refractivity contribution in [3.8, 4) is 0 Å². The van der Waals surface area contributed by atoms with Crippen molar-refractivity contribution in [2.45, 2.75) is 79.1 Å². The average Bonchev–Trinajstić information content (AvgIpc) is 2.57. The molecule has 2 heteroatoms. The minimum absolute atomic E-state index is 0.128. The largest absolute Gasteiger partial charge is 0.481 e. The molecule has 2 nitrogen and oxygen atoms in total. The van der Waals surface area contributed by atoms with Crippen molar-refractivity contribution >= 4 is 5.97 Å². The summed E-state index contributed by atoms with van der Waals surface area (Å²) >= 11 is 0. The third-order valence-electron chi connectivity index (χ3n) is 4.73. The normalized spacial score (nSPS) is 14.4. The van der Waals surface area contributed by atoms with Gasteiger partial charge in [-0.05, 0) is 58.3 Å². The van der Waals surface area contributed by atoms with E-state index in [0.717, 1.165) is 25.7 Å². The van der Waals surface area contributed by atoms with Crippen LogP contribution < -0.4 is 0 Å². The van der Waals surface area contributed by atoms with Crippen molar-refractivity contribution in [1.29, 1.82) is 0 Å². The van der Waals surface area contributed by atoms with E-state index >= 15 is 0 Å². The highest BCUT2D eigenvalue weighted by molar-refractivity contribution is 5.73. The van der Waals surface area contributed by atoms with E-state index in [2.05, 4.69) is 55.5 Å². The van der Waals surface area contributed by atoms with Crippen LogP contribution in [0.4, 0.5) is 0 Å². The van der Waals surface area contributed by atoms with Gasteiger partial charge in [0.25, 0.3) is 0 Å². The fraction of sp³-hybridized carbons (Fsp3) is 0.609. The lowest BCUT2D eigenvalue weighted by atomic mass is 9.78. The number of carboxylic acid groups (broad SMARTS) is 1. The van der Waals surface area contributed by atoms with E-state index in [1.165, 1.54) is 25.7 Å². The zero-order chi connectivity index (χ0) is 19.0. The van der Waals surface area contributed by atoms with Crippen LogP contribution in [-0.4, -0.2) is 11.1 Å². The molecule has 0 aromatic rings. The van der Waals surface area contributed by atoms with Gasteiger partial charge >= 0.3 is 5.97 Å². The number of rotatable bonds is 14. The molecule has 0 aliphatic rings. The second-order valence-corrected chi connectivity index (χ2v) is 7.25. The summed E-state index contributed by atoms with van der Waals surface area (Å²) < 4.78 is 0. The zero-order valence-electron chi connectivity index (χ0n) is 16.7. The smallest absolute Gasteiger partial charge is 0.309 e. The predicted octanol–water partition coefficient (Wildman–Crippen LogP) is 7.10. The molecular formula is C23H38O2. The molecule has 1 atom stereocenters. The number of allylic oxidation sites excluding steroid dienone is 8. The first-order valence-corrected chi connectivity index (χ1v) is 9.76. The number of carbonyl (C=O) groups is 1. The highest BCUT2D eigenvalue weighted by Gasteiger charge is 2.32. The van der Waals surface area contributed by atoms with Crippen molar-refractivity contribution in [1.82, 2.24) is 0 Å². The van der Waals surface area contributed by atoms with E-state index < -0.39 is 11.4 Å². The Hall–Kier alpha value is -1.57. The maximum absolute atomic E-state index is 11.2. The van der Waals surface area contributed by atoms with Gasteiger partial charge < -0.3 is 5.11 Å². The van der Waals surface area contributed by atoms with Crippen LogP contribution in [0.1, 0.15) is 79.1 Å². The molecule has 0 bridgehead atoms. The number of carboxylic acids is 1. The van der Waals surface area contributed by atoms with Gasteiger partial charge in [0.1, 0.15) is 0 Å². The molecule has 0 fully saturated rings. The Kier molecular flexibility index (Phi) is 13.8. The molecule has 25 heavy (non-hydrogen) atoms. The molecule has 0 rings (SSSR count). The van der Waals surface area contributed by atoms with Crippen LogP contribution >= 0.6 is 0 Å². The van der Waals surface area contributed by atoms with E-state index in [0.29, 0.717) is 0 Å². The van der Waals surface area contributed by atoms with Gasteiger partial charge in [-0.25, -0.2) is 0 Å². The lowest BCUT2D eigenvalue weighted by Gasteiger charge is -2.26. The third kappa shape index (κ3) is 12.4. The van der Waals surface area contributed by atoms with Crippen LogP contribution in [-0.2, 0) is 4.79 Å². The molecule has 0 saturated carbocycles. The monoisotopic (exact) mass is 346 g/mol. The summed E-state index contributed by atoms with van der Waals surface area (Å²) in [6, 6.07) is 0. The standard InChI is InChI=1S/C23H38O2/c1-5-6-7-8-9-10-11-12-13-14-15-16-17-18-19-20-21(2)23(3,4)22(24)25/h9-10,12-13,15-16,18-19,21H,5-8,11,14,17,20H2,1-4H3,(H,24,25)/b10-9-,13-12-,16-15-,19-18-. The van der Waals surface area contributed by atoms with Gasteiger partial charge in [-0.1, -0.05) is 75.3 Å². The molecule has 0 heterocycles. The van der Waals surface area contributed by atoms with E-state index in [1.807, 2.05) is 6.92 Å². The second-order valence-electron chi connectivity index (χ2n) is 7.25. The number of hydrogen-bond donors (Lipinski definition) is 1. The lowest BCUT2D eigenvalue weighted by Crippen LogP contribution is -2.30. The molecule has 142 valence electrons. The highest BCUT2D eigenvalue weighted by Crippen LogP contribution is 2.29. The summed E-state index contributed by atoms with van der Waals surface area (Å²) in [5.41, 5.74) is -0.671. The molecule has 0 amide bonds. The van der Waals surface area contributed by atoms with Crippen molar-refractivity contribution in [3.05, 3.63) is 48.6 Å². The van der Waals surface area contributed by atoms with Gasteiger partial charge in [-0.3, -0.25) is 4.79 Å². The quantitative estimate of drug-likeness (QED) is 0.269. The summed E-state index contributed by atoms with van der Waals surface area (Å²) in [5, 5.41) is 9.19. The SMILES string of the molecule is CCCCC/C=C\C/C=C\C/C=C\C/C=C\CC(C)C(C)(C)C(=O)O. The average molecular weight is 347 g/mol. The van der Waals surface area contributed by atoms with Crippen LogP contribution in [0.3, 0.4) is 0 Å². The molecule has 0 radical (unpaired) electrons. The minimum Gasteiger partial charge on any atom is -0.481 e. The molecule has 1 N–H and O–H groups in total. The zero-order valence-corrected chi connectivity index (χ0v) is 16.7. The minimum atomic E-state index is -0.726. The van der Waals surface area contributed by atoms with Crippen molar-refractivity contribution in [2.75, 3.05) is 0 Å². The van der Waals surface area contributed by atoms with Crippen molar-refractivity contribution < 1.29 is 9.90 Å². The van der Waals surface area contributed by atoms with E-state index in [9.17, 15) is 9.90 Å². The topological polar surface area (TPSA) is 37.3 Å². The van der Waals surface area contributed by atoms with E-state index in [1.54, 1.807) is 13.8 Å². The molecule has 1 unspecified atom stereocenters. The van der Waals surface area contributed by atoms with E-state index in [-0.39, 0.29) is 5.92 Å². The maximum Gasteiger partial charge on any atom is 0.309 e. The highest BCUT2D eigenvalue weighted by atomic mass is 16.4. The first-order chi connectivity index (χ1) is 11.9. The van der Waals surface area contributed by atoms with Crippen LogP contribution in [0.25, 0.3) is 0 Å². The van der Waals surface area contributed by atoms with Crippen LogP contribution in [0.15, 0.2) is 48.6 Å². The molecule has 0 aromatic carbocycles. The summed E-state index contributed by atoms with van der Waals surface area (Å²) in [7, 11) is 0. The van der Waals surface area contributed by atoms with Gasteiger partial charge in [-0.2, -0.15) is 0 Å². The van der Waals surface area contributed by atoms with Crippen LogP contribution in [0.2, 0.25) is 0 Å². The Morgan fingerprint density at radius 2 is 1.36 bits per heavy atom. The van der Waals surface area contributed by atoms with Gasteiger partial charge in [0.05, 0.1) is 5.41 Å². The number of aliphatic carboxylic acids is 1. The second kappa shape index (κ2) is 14.7. The summed E-state index contributed by atoms with van der Waals surface area (Å²) in [6.07, 6.45) is 26.3. The molecule has 0 aliphatic heterocycles. The summed E-state index contributed by atoms with van der Waals surface area (Å²) in [6.45, 7) is 7.81. The molecule has 0 saturated heterocycles. The van der Waals surface area contributed by atoms with Gasteiger partial charge in [0.2, 0.25) is 0 Å². The van der Waals surface area contributed by atoms with E-state index in [4.69, 9.17) is 0 Å². The predicted molar refractivity (Wildman–Crippen MR) is 110 cm³/mol. The third-order valence-corrected chi connectivity index (χ3v) is 4.73. The molecule has 0 aliphatic carbocycles. The molecular weight excluding hydrogens is 308 g/mol. The first kappa shape index (κ1) is 23.4. The number of hydrogen-bond acceptors (Lipinski definition) is 1. The summed E-state index contributed by atoms with van der Waals surface area (Å²) in [4.78, 5) is 11.2. The lowest BCUT2D eigenvalue weighted by molar-refractivity contribution is -0.149. The molecule has 0 aromatic heterocycles. The van der Waals surface area contributed by atoms with Crippen LogP contribution in [0.5, 0.6) is 0 Å². The fourth-order valence-corrected chi connectivity index (χ4v) is 2.25. The van der Waals surface area contributed by atoms with Crippen molar-refractivity contribution in [2.24, 2.45) is 11.3 Å². The summed E-state index contributed by atoms with van der Waals surface area (Å²) in [5.74, 6) is -0.598. The Morgan fingerprint density at radius 3 is 1.84 bits per heavy atom. The first-order valence-electron chi connectivity index (χ1n) is 9.76.